The van der Waals surface area contributed by atoms with Gasteiger partial charge < -0.3 is 0 Å². The number of rotatable bonds is 17. The van der Waals surface area contributed by atoms with Crippen LogP contribution in [0.1, 0.15) is 142 Å². The zero-order valence-electron chi connectivity index (χ0n) is 17.3. The molecule has 0 radical (unpaired) electrons. The van der Waals surface area contributed by atoms with E-state index in [-0.39, 0.29) is 0 Å². The molecule has 0 nitrogen and oxygen atoms in total. The lowest BCUT2D eigenvalue weighted by atomic mass is 9.98. The van der Waals surface area contributed by atoms with Gasteiger partial charge in [0, 0.05) is 0 Å². The first-order chi connectivity index (χ1) is 11.8. The number of hydrogen-bond acceptors (Lipinski definition) is 0. The van der Waals surface area contributed by atoms with Crippen molar-refractivity contribution in [1.82, 2.24) is 0 Å². The van der Waals surface area contributed by atoms with Gasteiger partial charge in [0.15, 0.2) is 0 Å². The highest BCUT2D eigenvalue weighted by Gasteiger charge is 2.20. The molecule has 0 spiro atoms. The van der Waals surface area contributed by atoms with Crippen LogP contribution in [0.5, 0.6) is 0 Å². The van der Waals surface area contributed by atoms with Crippen molar-refractivity contribution in [3.05, 3.63) is 0 Å². The summed E-state index contributed by atoms with van der Waals surface area (Å²) in [5.41, 5.74) is 0. The largest absolute Gasteiger partial charge is 0.0654 e. The fourth-order valence-corrected chi connectivity index (χ4v) is 4.57. The second kappa shape index (κ2) is 16.5. The Morgan fingerprint density at radius 3 is 1.33 bits per heavy atom. The molecule has 2 atom stereocenters. The van der Waals surface area contributed by atoms with E-state index < -0.39 is 0 Å². The lowest BCUT2D eigenvalue weighted by molar-refractivity contribution is 0.445. The van der Waals surface area contributed by atoms with Gasteiger partial charge in [0.1, 0.15) is 0 Å². The summed E-state index contributed by atoms with van der Waals surface area (Å²) in [7, 11) is 0. The van der Waals surface area contributed by atoms with Crippen molar-refractivity contribution in [2.45, 2.75) is 142 Å². The third-order valence-corrected chi connectivity index (χ3v) is 6.27. The summed E-state index contributed by atoms with van der Waals surface area (Å²) in [4.78, 5) is 0. The first-order valence-corrected chi connectivity index (χ1v) is 11.8. The van der Waals surface area contributed by atoms with Crippen molar-refractivity contribution >= 4 is 0 Å². The summed E-state index contributed by atoms with van der Waals surface area (Å²) < 4.78 is 0. The fraction of sp³-hybridized carbons (Fsp3) is 1.00. The molecule has 1 aliphatic rings. The van der Waals surface area contributed by atoms with E-state index in [2.05, 4.69) is 13.8 Å². The molecule has 0 heterocycles. The molecule has 0 bridgehead atoms. The van der Waals surface area contributed by atoms with Crippen molar-refractivity contribution in [3.63, 3.8) is 0 Å². The maximum atomic E-state index is 2.44. The van der Waals surface area contributed by atoms with Gasteiger partial charge in [-0.15, -0.1) is 0 Å². The molecule has 1 fully saturated rings. The molecule has 0 aromatic rings. The molecule has 0 aromatic heterocycles. The van der Waals surface area contributed by atoms with E-state index >= 15 is 0 Å². The van der Waals surface area contributed by atoms with Crippen LogP contribution in [0, 0.1) is 11.8 Å². The molecule has 1 aliphatic carbocycles. The van der Waals surface area contributed by atoms with Crippen molar-refractivity contribution in [2.75, 3.05) is 0 Å². The maximum Gasteiger partial charge on any atom is -0.0412 e. The minimum atomic E-state index is 1.02. The molecule has 0 N–H and O–H groups in total. The minimum Gasteiger partial charge on any atom is -0.0654 e. The molecule has 24 heavy (non-hydrogen) atoms. The molecule has 0 aliphatic heterocycles. The smallest absolute Gasteiger partial charge is 0.0412 e. The first-order valence-electron chi connectivity index (χ1n) is 11.8. The van der Waals surface area contributed by atoms with Gasteiger partial charge in [-0.1, -0.05) is 136 Å². The predicted molar refractivity (Wildman–Crippen MR) is 111 cm³/mol. The van der Waals surface area contributed by atoms with Crippen LogP contribution in [-0.2, 0) is 0 Å². The molecule has 2 unspecified atom stereocenters. The summed E-state index contributed by atoms with van der Waals surface area (Å²) in [6.45, 7) is 4.74. The summed E-state index contributed by atoms with van der Waals surface area (Å²) in [6, 6.07) is 0. The number of unbranched alkanes of at least 4 members (excludes halogenated alkanes) is 15. The monoisotopic (exact) mass is 336 g/mol. The Labute approximate surface area is 154 Å². The molecule has 1 saturated carbocycles. The van der Waals surface area contributed by atoms with Crippen LogP contribution in [0.15, 0.2) is 0 Å². The van der Waals surface area contributed by atoms with Crippen molar-refractivity contribution in [2.24, 2.45) is 11.8 Å². The van der Waals surface area contributed by atoms with Crippen LogP contribution in [0.25, 0.3) is 0 Å². The quantitative estimate of drug-likeness (QED) is 0.232. The summed E-state index contributed by atoms with van der Waals surface area (Å²) in [6.07, 6.45) is 29.8. The zero-order valence-corrected chi connectivity index (χ0v) is 17.3. The third kappa shape index (κ3) is 13.3. The zero-order chi connectivity index (χ0) is 17.3. The average molecular weight is 337 g/mol. The third-order valence-electron chi connectivity index (χ3n) is 6.27. The Kier molecular flexibility index (Phi) is 15.1. The average Bonchev–Trinajstić information content (AvgIpc) is 3.00. The Bertz CT molecular complexity index is 244. The lowest BCUT2D eigenvalue weighted by Gasteiger charge is -2.08. The lowest BCUT2D eigenvalue weighted by Crippen LogP contribution is -1.94. The van der Waals surface area contributed by atoms with Crippen molar-refractivity contribution in [1.29, 1.82) is 0 Å². The molecule has 1 rings (SSSR count). The second-order valence-electron chi connectivity index (χ2n) is 8.88. The van der Waals surface area contributed by atoms with E-state index in [9.17, 15) is 0 Å². The summed E-state index contributed by atoms with van der Waals surface area (Å²) in [5.74, 6) is 2.11. The SMILES string of the molecule is CCCCCCCCCCCCCCCCCCC1CCC(C)C1. The first kappa shape index (κ1) is 22.0. The van der Waals surface area contributed by atoms with Gasteiger partial charge >= 0.3 is 0 Å². The Hall–Kier alpha value is 0. The Morgan fingerprint density at radius 2 is 0.958 bits per heavy atom. The standard InChI is InChI=1S/C24H48/c1-3-4-5-6-7-8-9-10-11-12-13-14-15-16-17-18-19-24-21-20-23(2)22-24/h23-24H,3-22H2,1-2H3. The van der Waals surface area contributed by atoms with Crippen LogP contribution >= 0.6 is 0 Å². The van der Waals surface area contributed by atoms with Crippen LogP contribution in [-0.4, -0.2) is 0 Å². The molecule has 0 heteroatoms. The normalized spacial score (nSPS) is 20.8. The van der Waals surface area contributed by atoms with E-state index in [1.165, 1.54) is 128 Å². The van der Waals surface area contributed by atoms with E-state index in [1.54, 1.807) is 0 Å². The van der Waals surface area contributed by atoms with E-state index in [4.69, 9.17) is 0 Å². The van der Waals surface area contributed by atoms with Gasteiger partial charge in [-0.25, -0.2) is 0 Å². The maximum absolute atomic E-state index is 2.44. The Balaban J connectivity index is 1.66. The van der Waals surface area contributed by atoms with Crippen molar-refractivity contribution in [3.8, 4) is 0 Å². The molecule has 0 aromatic carbocycles. The molecule has 0 amide bonds. The Morgan fingerprint density at radius 1 is 0.542 bits per heavy atom. The van der Waals surface area contributed by atoms with Crippen LogP contribution in [0.4, 0.5) is 0 Å². The van der Waals surface area contributed by atoms with Crippen molar-refractivity contribution < 1.29 is 0 Å². The van der Waals surface area contributed by atoms with E-state index in [1.807, 2.05) is 0 Å². The van der Waals surface area contributed by atoms with Crippen LogP contribution in [0.2, 0.25) is 0 Å². The topological polar surface area (TPSA) is 0 Å². The van der Waals surface area contributed by atoms with Crippen LogP contribution in [0.3, 0.4) is 0 Å². The molecular weight excluding hydrogens is 288 g/mol. The van der Waals surface area contributed by atoms with E-state index in [0.717, 1.165) is 11.8 Å². The van der Waals surface area contributed by atoms with Gasteiger partial charge in [0.2, 0.25) is 0 Å². The van der Waals surface area contributed by atoms with Gasteiger partial charge in [0.25, 0.3) is 0 Å². The van der Waals surface area contributed by atoms with Gasteiger partial charge in [-0.3, -0.25) is 0 Å². The summed E-state index contributed by atoms with van der Waals surface area (Å²) in [5, 5.41) is 0. The fourth-order valence-electron chi connectivity index (χ4n) is 4.57. The van der Waals surface area contributed by atoms with Gasteiger partial charge in [0.05, 0.1) is 0 Å². The minimum absolute atomic E-state index is 1.02. The second-order valence-corrected chi connectivity index (χ2v) is 8.88. The van der Waals surface area contributed by atoms with Crippen LogP contribution < -0.4 is 0 Å². The highest BCUT2D eigenvalue weighted by Crippen LogP contribution is 2.33. The molecule has 0 saturated heterocycles. The summed E-state index contributed by atoms with van der Waals surface area (Å²) >= 11 is 0. The van der Waals surface area contributed by atoms with E-state index in [0.29, 0.717) is 0 Å². The van der Waals surface area contributed by atoms with Gasteiger partial charge in [-0.05, 0) is 18.3 Å². The molecular formula is C24H48. The predicted octanol–water partition coefficient (Wildman–Crippen LogP) is 9.07. The highest BCUT2D eigenvalue weighted by atomic mass is 14.3. The van der Waals surface area contributed by atoms with Gasteiger partial charge in [-0.2, -0.15) is 0 Å². The number of hydrogen-bond donors (Lipinski definition) is 0. The molecule has 144 valence electrons. The highest BCUT2D eigenvalue weighted by molar-refractivity contribution is 4.72.